The fourth-order valence-electron chi connectivity index (χ4n) is 3.42. The molecule has 21 heavy (non-hydrogen) atoms. The van der Waals surface area contributed by atoms with Gasteiger partial charge in [0.2, 0.25) is 0 Å². The normalized spacial score (nSPS) is 21.0. The van der Waals surface area contributed by atoms with Crippen LogP contribution in [0.25, 0.3) is 11.3 Å². The predicted octanol–water partition coefficient (Wildman–Crippen LogP) is 3.66. The third-order valence-electron chi connectivity index (χ3n) is 4.54. The van der Waals surface area contributed by atoms with Crippen LogP contribution >= 0.6 is 11.8 Å². The van der Waals surface area contributed by atoms with E-state index in [9.17, 15) is 0 Å². The summed E-state index contributed by atoms with van der Waals surface area (Å²) in [6.07, 6.45) is 7.78. The molecule has 2 aromatic rings. The summed E-state index contributed by atoms with van der Waals surface area (Å²) >= 11 is 2.08. The Kier molecular flexibility index (Phi) is 3.63. The molecule has 0 radical (unpaired) electrons. The van der Waals surface area contributed by atoms with Crippen LogP contribution in [0.1, 0.15) is 18.4 Å². The molecule has 0 amide bonds. The first-order chi connectivity index (χ1) is 10.4. The summed E-state index contributed by atoms with van der Waals surface area (Å²) in [7, 11) is 0. The van der Waals surface area contributed by atoms with E-state index >= 15 is 0 Å². The highest BCUT2D eigenvalue weighted by molar-refractivity contribution is 7.99. The second-order valence-corrected chi connectivity index (χ2v) is 7.18. The Morgan fingerprint density at radius 3 is 3.29 bits per heavy atom. The lowest BCUT2D eigenvalue weighted by molar-refractivity contribution is 0.495. The van der Waals surface area contributed by atoms with Gasteiger partial charge in [0, 0.05) is 24.3 Å². The van der Waals surface area contributed by atoms with E-state index in [1.807, 2.05) is 12.5 Å². The van der Waals surface area contributed by atoms with E-state index in [0.29, 0.717) is 0 Å². The number of thioether (sulfide) groups is 1. The fraction of sp³-hybridized carbons (Fsp3) is 0.471. The smallest absolute Gasteiger partial charge is 0.0951 e. The number of nitrogens with one attached hydrogen (secondary N) is 1. The number of aryl methyl sites for hydroxylation is 1. The zero-order chi connectivity index (χ0) is 14.1. The molecule has 1 atom stereocenters. The van der Waals surface area contributed by atoms with Gasteiger partial charge in [0.15, 0.2) is 0 Å². The Bertz CT molecular complexity index is 629. The minimum Gasteiger partial charge on any atom is -0.384 e. The minimum atomic E-state index is 0.801. The van der Waals surface area contributed by atoms with E-state index < -0.39 is 0 Å². The van der Waals surface area contributed by atoms with Crippen LogP contribution in [0.5, 0.6) is 0 Å². The third kappa shape index (κ3) is 2.57. The number of imidazole rings is 1. The van der Waals surface area contributed by atoms with Crippen molar-refractivity contribution in [1.29, 1.82) is 0 Å². The topological polar surface area (TPSA) is 29.9 Å². The molecule has 1 aromatic carbocycles. The van der Waals surface area contributed by atoms with Crippen molar-refractivity contribution in [3.05, 3.63) is 36.3 Å². The summed E-state index contributed by atoms with van der Waals surface area (Å²) in [6.45, 7) is 2.18. The van der Waals surface area contributed by atoms with Gasteiger partial charge in [-0.15, -0.1) is 0 Å². The largest absolute Gasteiger partial charge is 0.384 e. The minimum absolute atomic E-state index is 0.801. The van der Waals surface area contributed by atoms with Gasteiger partial charge in [-0.05, 0) is 42.2 Å². The molecule has 4 rings (SSSR count). The molecule has 0 aliphatic carbocycles. The van der Waals surface area contributed by atoms with Crippen LogP contribution in [0.3, 0.4) is 0 Å². The first kappa shape index (κ1) is 13.3. The molecule has 0 saturated carbocycles. The number of para-hydroxylation sites is 1. The number of fused-ring (bicyclic) bond motifs is 1. The molecular weight excluding hydrogens is 278 g/mol. The van der Waals surface area contributed by atoms with Crippen LogP contribution in [0.4, 0.5) is 5.69 Å². The standard InChI is InChI=1S/C17H21N3S/c1-3-14-4-2-7-19-17(14)15(5-1)16-9-18-12-20(16)10-13-6-8-21-11-13/h1,3,5,9,12-13,19H,2,4,6-8,10-11H2. The van der Waals surface area contributed by atoms with Crippen molar-refractivity contribution in [3.63, 3.8) is 0 Å². The Labute approximate surface area is 130 Å². The summed E-state index contributed by atoms with van der Waals surface area (Å²) in [5, 5.41) is 3.60. The van der Waals surface area contributed by atoms with Crippen LogP contribution in [0.15, 0.2) is 30.7 Å². The van der Waals surface area contributed by atoms with Crippen molar-refractivity contribution >= 4 is 17.4 Å². The second kappa shape index (κ2) is 5.76. The van der Waals surface area contributed by atoms with Crippen molar-refractivity contribution in [2.75, 3.05) is 23.4 Å². The van der Waals surface area contributed by atoms with Gasteiger partial charge >= 0.3 is 0 Å². The molecule has 2 aliphatic heterocycles. The Hall–Kier alpha value is -1.42. The summed E-state index contributed by atoms with van der Waals surface area (Å²) in [4.78, 5) is 4.42. The van der Waals surface area contributed by atoms with Crippen molar-refractivity contribution < 1.29 is 0 Å². The Morgan fingerprint density at radius 2 is 2.38 bits per heavy atom. The lowest BCUT2D eigenvalue weighted by Gasteiger charge is -2.22. The highest BCUT2D eigenvalue weighted by Crippen LogP contribution is 2.34. The second-order valence-electron chi connectivity index (χ2n) is 6.03. The van der Waals surface area contributed by atoms with Gasteiger partial charge in [-0.1, -0.05) is 18.2 Å². The van der Waals surface area contributed by atoms with E-state index in [0.717, 1.165) is 19.0 Å². The van der Waals surface area contributed by atoms with Crippen molar-refractivity contribution in [3.8, 4) is 11.3 Å². The van der Waals surface area contributed by atoms with E-state index in [1.165, 1.54) is 53.3 Å². The third-order valence-corrected chi connectivity index (χ3v) is 5.77. The molecule has 3 nitrogen and oxygen atoms in total. The number of nitrogens with zero attached hydrogens (tertiary/aromatic N) is 2. The fourth-order valence-corrected chi connectivity index (χ4v) is 4.69. The van der Waals surface area contributed by atoms with Crippen LogP contribution in [-0.4, -0.2) is 27.6 Å². The predicted molar refractivity (Wildman–Crippen MR) is 89.9 cm³/mol. The van der Waals surface area contributed by atoms with Crippen LogP contribution in [0, 0.1) is 5.92 Å². The molecule has 0 bridgehead atoms. The Balaban J connectivity index is 1.69. The molecule has 1 fully saturated rings. The lowest BCUT2D eigenvalue weighted by atomic mass is 9.98. The maximum atomic E-state index is 4.42. The van der Waals surface area contributed by atoms with Gasteiger partial charge in [-0.2, -0.15) is 11.8 Å². The zero-order valence-electron chi connectivity index (χ0n) is 12.2. The average Bonchev–Trinajstić information content (AvgIpc) is 3.19. The zero-order valence-corrected chi connectivity index (χ0v) is 13.0. The maximum Gasteiger partial charge on any atom is 0.0951 e. The van der Waals surface area contributed by atoms with E-state index in [4.69, 9.17) is 0 Å². The lowest BCUT2D eigenvalue weighted by Crippen LogP contribution is -2.14. The van der Waals surface area contributed by atoms with Gasteiger partial charge in [0.1, 0.15) is 0 Å². The monoisotopic (exact) mass is 299 g/mol. The number of benzene rings is 1. The molecule has 2 aliphatic rings. The Morgan fingerprint density at radius 1 is 1.38 bits per heavy atom. The SMILES string of the molecule is c1cc2c(c(-c3cncn3CC3CCSC3)c1)NCCC2. The number of rotatable bonds is 3. The van der Waals surface area contributed by atoms with Gasteiger partial charge in [-0.3, -0.25) is 0 Å². The molecule has 1 aromatic heterocycles. The summed E-state index contributed by atoms with van der Waals surface area (Å²) in [5.74, 6) is 3.41. The van der Waals surface area contributed by atoms with Gasteiger partial charge in [0.05, 0.1) is 18.2 Å². The first-order valence-electron chi connectivity index (χ1n) is 7.86. The van der Waals surface area contributed by atoms with Crippen molar-refractivity contribution in [2.24, 2.45) is 5.92 Å². The summed E-state index contributed by atoms with van der Waals surface area (Å²) < 4.78 is 2.35. The summed E-state index contributed by atoms with van der Waals surface area (Å²) in [5.41, 5.74) is 5.35. The van der Waals surface area contributed by atoms with Crippen LogP contribution in [-0.2, 0) is 13.0 Å². The van der Waals surface area contributed by atoms with E-state index in [1.54, 1.807) is 0 Å². The van der Waals surface area contributed by atoms with E-state index in [2.05, 4.69) is 44.8 Å². The molecule has 1 unspecified atom stereocenters. The molecule has 1 saturated heterocycles. The van der Waals surface area contributed by atoms with Gasteiger partial charge in [0.25, 0.3) is 0 Å². The van der Waals surface area contributed by atoms with Crippen LogP contribution in [0.2, 0.25) is 0 Å². The molecule has 3 heterocycles. The van der Waals surface area contributed by atoms with Crippen molar-refractivity contribution in [1.82, 2.24) is 9.55 Å². The van der Waals surface area contributed by atoms with E-state index in [-0.39, 0.29) is 0 Å². The molecule has 0 spiro atoms. The van der Waals surface area contributed by atoms with Gasteiger partial charge in [-0.25, -0.2) is 4.98 Å². The molecule has 1 N–H and O–H groups in total. The molecule has 4 heteroatoms. The highest BCUT2D eigenvalue weighted by atomic mass is 32.2. The first-order valence-corrected chi connectivity index (χ1v) is 9.01. The quantitative estimate of drug-likeness (QED) is 0.938. The number of aromatic nitrogens is 2. The molecular formula is C17H21N3S. The summed E-state index contributed by atoms with van der Waals surface area (Å²) in [6, 6.07) is 6.66. The van der Waals surface area contributed by atoms with Crippen LogP contribution < -0.4 is 5.32 Å². The maximum absolute atomic E-state index is 4.42. The molecule has 110 valence electrons. The number of hydrogen-bond acceptors (Lipinski definition) is 3. The average molecular weight is 299 g/mol. The van der Waals surface area contributed by atoms with Crippen molar-refractivity contribution in [2.45, 2.75) is 25.8 Å². The van der Waals surface area contributed by atoms with Gasteiger partial charge < -0.3 is 9.88 Å². The highest BCUT2D eigenvalue weighted by Gasteiger charge is 2.20. The number of anilines is 1. The number of hydrogen-bond donors (Lipinski definition) is 1.